The summed E-state index contributed by atoms with van der Waals surface area (Å²) in [6, 6.07) is 0. The van der Waals surface area contributed by atoms with E-state index < -0.39 is 23.7 Å². The Bertz CT molecular complexity index is 206. The molecule has 1 saturated carbocycles. The number of hydrogen-bond donors (Lipinski definition) is 1. The normalized spacial score (nSPS) is 34.9. The van der Waals surface area contributed by atoms with E-state index in [-0.39, 0.29) is 0 Å². The highest BCUT2D eigenvalue weighted by atomic mass is 19.3. The molecule has 76 valence electrons. The van der Waals surface area contributed by atoms with Gasteiger partial charge in [-0.1, -0.05) is 19.8 Å². The largest absolute Gasteiger partial charge is 0.481 e. The van der Waals surface area contributed by atoms with E-state index in [1.54, 1.807) is 0 Å². The third kappa shape index (κ3) is 1.81. The topological polar surface area (TPSA) is 37.3 Å². The van der Waals surface area contributed by atoms with Crippen molar-refractivity contribution in [2.75, 3.05) is 0 Å². The Morgan fingerprint density at radius 3 is 2.54 bits per heavy atom. The lowest BCUT2D eigenvalue weighted by molar-refractivity contribution is -0.156. The highest BCUT2D eigenvalue weighted by Gasteiger charge is 2.47. The van der Waals surface area contributed by atoms with Gasteiger partial charge >= 0.3 is 5.97 Å². The van der Waals surface area contributed by atoms with Gasteiger partial charge < -0.3 is 5.11 Å². The molecule has 0 bridgehead atoms. The first-order valence-electron chi connectivity index (χ1n) is 4.49. The molecule has 0 amide bonds. The maximum absolute atomic E-state index is 12.7. The van der Waals surface area contributed by atoms with Crippen LogP contribution in [0.3, 0.4) is 0 Å². The van der Waals surface area contributed by atoms with Gasteiger partial charge in [-0.3, -0.25) is 4.79 Å². The summed E-state index contributed by atoms with van der Waals surface area (Å²) in [5.74, 6) is -1.95. The van der Waals surface area contributed by atoms with Crippen LogP contribution in [0, 0.1) is 11.3 Å². The molecule has 1 aliphatic rings. The molecule has 1 N–H and O–H groups in total. The van der Waals surface area contributed by atoms with Crippen molar-refractivity contribution in [2.24, 2.45) is 11.3 Å². The molecular formula is C9H14F2O2. The zero-order valence-electron chi connectivity index (χ0n) is 7.59. The van der Waals surface area contributed by atoms with Gasteiger partial charge in [-0.05, 0) is 12.8 Å². The first kappa shape index (κ1) is 10.4. The van der Waals surface area contributed by atoms with Gasteiger partial charge in [-0.15, -0.1) is 0 Å². The van der Waals surface area contributed by atoms with Gasteiger partial charge in [0, 0.05) is 5.41 Å². The predicted molar refractivity (Wildman–Crippen MR) is 43.7 cm³/mol. The molecule has 13 heavy (non-hydrogen) atoms. The fraction of sp³-hybridized carbons (Fsp3) is 0.889. The molecule has 1 fully saturated rings. The molecule has 0 radical (unpaired) electrons. The summed E-state index contributed by atoms with van der Waals surface area (Å²) < 4.78 is 25.3. The van der Waals surface area contributed by atoms with E-state index in [0.717, 1.165) is 6.42 Å². The van der Waals surface area contributed by atoms with E-state index in [1.165, 1.54) is 6.92 Å². The maximum atomic E-state index is 12.7. The van der Waals surface area contributed by atoms with Crippen LogP contribution in [0.1, 0.15) is 32.6 Å². The van der Waals surface area contributed by atoms with Crippen LogP contribution in [0.4, 0.5) is 8.78 Å². The lowest BCUT2D eigenvalue weighted by atomic mass is 9.68. The maximum Gasteiger partial charge on any atom is 0.307 e. The lowest BCUT2D eigenvalue weighted by Gasteiger charge is -2.38. The molecule has 4 heteroatoms. The Balaban J connectivity index is 2.83. The van der Waals surface area contributed by atoms with Crippen molar-refractivity contribution in [1.29, 1.82) is 0 Å². The standard InChI is InChI=1S/C9H14F2O2/c1-9(8(10)11)5-3-2-4-6(9)7(12)13/h6,8H,2-5H2,1H3,(H,12,13). The number of carbonyl (C=O) groups is 1. The van der Waals surface area contributed by atoms with Crippen molar-refractivity contribution in [1.82, 2.24) is 0 Å². The molecule has 0 heterocycles. The fourth-order valence-electron chi connectivity index (χ4n) is 2.03. The molecule has 1 rings (SSSR count). The van der Waals surface area contributed by atoms with Gasteiger partial charge in [0.05, 0.1) is 5.92 Å². The Labute approximate surface area is 75.9 Å². The van der Waals surface area contributed by atoms with E-state index in [2.05, 4.69) is 0 Å². The van der Waals surface area contributed by atoms with Gasteiger partial charge in [-0.25, -0.2) is 8.78 Å². The Morgan fingerprint density at radius 2 is 2.15 bits per heavy atom. The van der Waals surface area contributed by atoms with Crippen molar-refractivity contribution in [2.45, 2.75) is 39.0 Å². The highest BCUT2D eigenvalue weighted by Crippen LogP contribution is 2.45. The minimum absolute atomic E-state index is 0.321. The zero-order valence-corrected chi connectivity index (χ0v) is 7.59. The third-order valence-electron chi connectivity index (χ3n) is 3.05. The lowest BCUT2D eigenvalue weighted by Crippen LogP contribution is -2.41. The van der Waals surface area contributed by atoms with Crippen LogP contribution in [-0.2, 0) is 4.79 Å². The first-order valence-corrected chi connectivity index (χ1v) is 4.49. The number of carboxylic acid groups (broad SMARTS) is 1. The smallest absolute Gasteiger partial charge is 0.307 e. The van der Waals surface area contributed by atoms with Crippen molar-refractivity contribution in [3.63, 3.8) is 0 Å². The second-order valence-electron chi connectivity index (χ2n) is 3.94. The quantitative estimate of drug-likeness (QED) is 0.729. The number of halogens is 2. The van der Waals surface area contributed by atoms with Crippen LogP contribution in [-0.4, -0.2) is 17.5 Å². The van der Waals surface area contributed by atoms with Crippen molar-refractivity contribution in [3.8, 4) is 0 Å². The van der Waals surface area contributed by atoms with Crippen LogP contribution in [0.25, 0.3) is 0 Å². The van der Waals surface area contributed by atoms with Crippen molar-refractivity contribution in [3.05, 3.63) is 0 Å². The molecule has 2 unspecified atom stereocenters. The molecular weight excluding hydrogens is 178 g/mol. The summed E-state index contributed by atoms with van der Waals surface area (Å²) in [5, 5.41) is 8.79. The Kier molecular flexibility index (Phi) is 2.88. The average Bonchev–Trinajstić information content (AvgIpc) is 2.04. The number of alkyl halides is 2. The summed E-state index contributed by atoms with van der Waals surface area (Å²) in [6.45, 7) is 1.38. The predicted octanol–water partition coefficient (Wildman–Crippen LogP) is 2.53. The number of aliphatic carboxylic acids is 1. The molecule has 0 aromatic rings. The molecule has 0 aromatic heterocycles. The third-order valence-corrected chi connectivity index (χ3v) is 3.05. The summed E-state index contributed by atoms with van der Waals surface area (Å²) in [6.07, 6.45) is -0.365. The van der Waals surface area contributed by atoms with Gasteiger partial charge in [-0.2, -0.15) is 0 Å². The van der Waals surface area contributed by atoms with Crippen molar-refractivity contribution >= 4 is 5.97 Å². The van der Waals surface area contributed by atoms with E-state index in [0.29, 0.717) is 19.3 Å². The number of carboxylic acids is 1. The second kappa shape index (κ2) is 3.60. The van der Waals surface area contributed by atoms with Gasteiger partial charge in [0.1, 0.15) is 0 Å². The minimum atomic E-state index is -2.53. The monoisotopic (exact) mass is 192 g/mol. The molecule has 2 atom stereocenters. The summed E-state index contributed by atoms with van der Waals surface area (Å²) >= 11 is 0. The molecule has 0 saturated heterocycles. The van der Waals surface area contributed by atoms with E-state index in [9.17, 15) is 13.6 Å². The fourth-order valence-corrected chi connectivity index (χ4v) is 2.03. The Hall–Kier alpha value is -0.670. The second-order valence-corrected chi connectivity index (χ2v) is 3.94. The van der Waals surface area contributed by atoms with Crippen LogP contribution in [0.15, 0.2) is 0 Å². The van der Waals surface area contributed by atoms with Crippen LogP contribution in [0.2, 0.25) is 0 Å². The minimum Gasteiger partial charge on any atom is -0.481 e. The van der Waals surface area contributed by atoms with Crippen molar-refractivity contribution < 1.29 is 18.7 Å². The SMILES string of the molecule is CC1(C(F)F)CCCCC1C(=O)O. The van der Waals surface area contributed by atoms with E-state index in [4.69, 9.17) is 5.11 Å². The Morgan fingerprint density at radius 1 is 1.54 bits per heavy atom. The molecule has 0 spiro atoms. The summed E-state index contributed by atoms with van der Waals surface area (Å²) in [7, 11) is 0. The van der Waals surface area contributed by atoms with E-state index in [1.807, 2.05) is 0 Å². The number of rotatable bonds is 2. The highest BCUT2D eigenvalue weighted by molar-refractivity contribution is 5.71. The van der Waals surface area contributed by atoms with Crippen LogP contribution >= 0.6 is 0 Å². The molecule has 0 aliphatic heterocycles. The van der Waals surface area contributed by atoms with Gasteiger partial charge in [0.15, 0.2) is 0 Å². The number of hydrogen-bond acceptors (Lipinski definition) is 1. The summed E-state index contributed by atoms with van der Waals surface area (Å²) in [4.78, 5) is 10.7. The molecule has 1 aliphatic carbocycles. The van der Waals surface area contributed by atoms with Crippen LogP contribution < -0.4 is 0 Å². The van der Waals surface area contributed by atoms with Crippen LogP contribution in [0.5, 0.6) is 0 Å². The average molecular weight is 192 g/mol. The van der Waals surface area contributed by atoms with E-state index >= 15 is 0 Å². The van der Waals surface area contributed by atoms with Gasteiger partial charge in [0.25, 0.3) is 0 Å². The summed E-state index contributed by atoms with van der Waals surface area (Å²) in [5.41, 5.74) is -1.32. The zero-order chi connectivity index (χ0) is 10.1. The first-order chi connectivity index (χ1) is 5.98. The molecule has 0 aromatic carbocycles. The molecule has 2 nitrogen and oxygen atoms in total. The van der Waals surface area contributed by atoms with Gasteiger partial charge in [0.2, 0.25) is 6.43 Å².